The number of benzene rings is 2. The molecule has 7 nitrogen and oxygen atoms in total. The van der Waals surface area contributed by atoms with Crippen LogP contribution >= 0.6 is 0 Å². The molecule has 0 bridgehead atoms. The Morgan fingerprint density at radius 2 is 1.93 bits per heavy atom. The first kappa shape index (κ1) is 21.1. The minimum atomic E-state index is -0.113. The Kier molecular flexibility index (Phi) is 8.14. The van der Waals surface area contributed by atoms with Crippen molar-refractivity contribution in [2.45, 2.75) is 20.4 Å². The van der Waals surface area contributed by atoms with E-state index in [0.717, 1.165) is 17.8 Å². The lowest BCUT2D eigenvalue weighted by molar-refractivity contribution is 0.0963. The molecule has 0 fully saturated rings. The van der Waals surface area contributed by atoms with Crippen LogP contribution in [0, 0.1) is 0 Å². The lowest BCUT2D eigenvalue weighted by Crippen LogP contribution is -2.30. The SMILES string of the molecule is CCNC(=NCc1cccc(C(=O)NC)c1)Nc1ccc(OC)c(OCC)c1. The highest BCUT2D eigenvalue weighted by atomic mass is 16.5. The number of nitrogens with one attached hydrogen (secondary N) is 3. The minimum absolute atomic E-state index is 0.113. The van der Waals surface area contributed by atoms with Crippen LogP contribution in [0.25, 0.3) is 0 Å². The second-order valence-corrected chi connectivity index (χ2v) is 5.90. The van der Waals surface area contributed by atoms with Crippen LogP contribution in [0.5, 0.6) is 11.5 Å². The van der Waals surface area contributed by atoms with Crippen LogP contribution in [-0.4, -0.2) is 39.2 Å². The molecular formula is C21H28N4O3. The molecule has 2 rings (SSSR count). The van der Waals surface area contributed by atoms with Gasteiger partial charge in [0.2, 0.25) is 0 Å². The van der Waals surface area contributed by atoms with Gasteiger partial charge in [-0.3, -0.25) is 4.79 Å². The van der Waals surface area contributed by atoms with Gasteiger partial charge in [0.25, 0.3) is 5.91 Å². The zero-order valence-corrected chi connectivity index (χ0v) is 16.8. The molecule has 1 amide bonds. The summed E-state index contributed by atoms with van der Waals surface area (Å²) >= 11 is 0. The molecule has 0 heterocycles. The summed E-state index contributed by atoms with van der Waals surface area (Å²) in [6, 6.07) is 13.0. The summed E-state index contributed by atoms with van der Waals surface area (Å²) < 4.78 is 10.9. The number of amides is 1. The third-order valence-electron chi connectivity index (χ3n) is 3.91. The molecule has 28 heavy (non-hydrogen) atoms. The Bertz CT molecular complexity index is 821. The van der Waals surface area contributed by atoms with Gasteiger partial charge in [-0.25, -0.2) is 4.99 Å². The van der Waals surface area contributed by atoms with E-state index in [1.54, 1.807) is 20.2 Å². The molecule has 0 aliphatic carbocycles. The minimum Gasteiger partial charge on any atom is -0.493 e. The van der Waals surface area contributed by atoms with Crippen LogP contribution in [0.4, 0.5) is 5.69 Å². The second kappa shape index (κ2) is 10.8. The van der Waals surface area contributed by atoms with Gasteiger partial charge in [0.05, 0.1) is 20.3 Å². The van der Waals surface area contributed by atoms with Crippen molar-refractivity contribution in [2.75, 3.05) is 32.6 Å². The van der Waals surface area contributed by atoms with Gasteiger partial charge in [0.1, 0.15) is 0 Å². The van der Waals surface area contributed by atoms with Gasteiger partial charge in [-0.15, -0.1) is 0 Å². The first-order valence-electron chi connectivity index (χ1n) is 9.28. The van der Waals surface area contributed by atoms with Gasteiger partial charge in [-0.05, 0) is 43.7 Å². The molecule has 0 atom stereocenters. The number of hydrogen-bond donors (Lipinski definition) is 3. The molecule has 0 aliphatic heterocycles. The zero-order valence-electron chi connectivity index (χ0n) is 16.8. The zero-order chi connectivity index (χ0) is 20.4. The van der Waals surface area contributed by atoms with E-state index in [2.05, 4.69) is 20.9 Å². The van der Waals surface area contributed by atoms with E-state index in [-0.39, 0.29) is 5.91 Å². The molecule has 0 spiro atoms. The van der Waals surface area contributed by atoms with Gasteiger partial charge < -0.3 is 25.4 Å². The average Bonchev–Trinajstić information content (AvgIpc) is 2.72. The Morgan fingerprint density at radius 1 is 1.11 bits per heavy atom. The van der Waals surface area contributed by atoms with Crippen molar-refractivity contribution in [1.29, 1.82) is 0 Å². The van der Waals surface area contributed by atoms with E-state index in [9.17, 15) is 4.79 Å². The standard InChI is InChI=1S/C21H28N4O3/c1-5-23-21(24-14-15-8-7-9-16(12-15)20(26)22-3)25-17-10-11-18(27-4)19(13-17)28-6-2/h7-13H,5-6,14H2,1-4H3,(H,22,26)(H2,23,24,25). The van der Waals surface area contributed by atoms with Crippen molar-refractivity contribution in [3.8, 4) is 11.5 Å². The van der Waals surface area contributed by atoms with Gasteiger partial charge in [-0.1, -0.05) is 12.1 Å². The number of aliphatic imine (C=N–C) groups is 1. The maximum absolute atomic E-state index is 11.8. The Labute approximate surface area is 166 Å². The summed E-state index contributed by atoms with van der Waals surface area (Å²) in [6.45, 7) is 5.64. The van der Waals surface area contributed by atoms with Crippen LogP contribution in [-0.2, 0) is 6.54 Å². The van der Waals surface area contributed by atoms with Gasteiger partial charge in [0.15, 0.2) is 17.5 Å². The number of anilines is 1. The fourth-order valence-corrected chi connectivity index (χ4v) is 2.59. The molecule has 0 saturated carbocycles. The third-order valence-corrected chi connectivity index (χ3v) is 3.91. The quantitative estimate of drug-likeness (QED) is 0.481. The van der Waals surface area contributed by atoms with Crippen LogP contribution in [0.3, 0.4) is 0 Å². The first-order chi connectivity index (χ1) is 13.6. The lowest BCUT2D eigenvalue weighted by atomic mass is 10.1. The van der Waals surface area contributed by atoms with E-state index in [4.69, 9.17) is 9.47 Å². The molecule has 0 radical (unpaired) electrons. The monoisotopic (exact) mass is 384 g/mol. The molecular weight excluding hydrogens is 356 g/mol. The van der Waals surface area contributed by atoms with Crippen molar-refractivity contribution in [2.24, 2.45) is 4.99 Å². The molecule has 0 saturated heterocycles. The predicted octanol–water partition coefficient (Wildman–Crippen LogP) is 3.03. The number of guanidine groups is 1. The molecule has 0 unspecified atom stereocenters. The van der Waals surface area contributed by atoms with Crippen LogP contribution in [0.2, 0.25) is 0 Å². The smallest absolute Gasteiger partial charge is 0.251 e. The molecule has 0 aromatic heterocycles. The molecule has 150 valence electrons. The van der Waals surface area contributed by atoms with Gasteiger partial charge >= 0.3 is 0 Å². The highest BCUT2D eigenvalue weighted by molar-refractivity contribution is 5.95. The van der Waals surface area contributed by atoms with E-state index >= 15 is 0 Å². The summed E-state index contributed by atoms with van der Waals surface area (Å²) in [7, 11) is 3.23. The number of nitrogens with zero attached hydrogens (tertiary/aromatic N) is 1. The molecule has 2 aromatic rings. The fraction of sp³-hybridized carbons (Fsp3) is 0.333. The summed E-state index contributed by atoms with van der Waals surface area (Å²) in [5.74, 6) is 1.88. The van der Waals surface area contributed by atoms with Crippen molar-refractivity contribution in [3.05, 3.63) is 53.6 Å². The number of hydrogen-bond acceptors (Lipinski definition) is 4. The maximum Gasteiger partial charge on any atom is 0.251 e. The first-order valence-corrected chi connectivity index (χ1v) is 9.28. The second-order valence-electron chi connectivity index (χ2n) is 5.90. The topological polar surface area (TPSA) is 84.0 Å². The molecule has 2 aromatic carbocycles. The van der Waals surface area contributed by atoms with Crippen LogP contribution in [0.15, 0.2) is 47.5 Å². The highest BCUT2D eigenvalue weighted by Crippen LogP contribution is 2.30. The van der Waals surface area contributed by atoms with Gasteiger partial charge in [0, 0.05) is 30.9 Å². The largest absolute Gasteiger partial charge is 0.493 e. The molecule has 3 N–H and O–H groups in total. The summed E-state index contributed by atoms with van der Waals surface area (Å²) in [6.07, 6.45) is 0. The number of carbonyl (C=O) groups excluding carboxylic acids is 1. The molecule has 7 heteroatoms. The number of carbonyl (C=O) groups is 1. The number of ether oxygens (including phenoxy) is 2. The highest BCUT2D eigenvalue weighted by Gasteiger charge is 2.08. The van der Waals surface area contributed by atoms with Crippen LogP contribution < -0.4 is 25.4 Å². The van der Waals surface area contributed by atoms with Crippen molar-refractivity contribution in [1.82, 2.24) is 10.6 Å². The summed E-state index contributed by atoms with van der Waals surface area (Å²) in [4.78, 5) is 16.4. The van der Waals surface area contributed by atoms with Crippen molar-refractivity contribution in [3.63, 3.8) is 0 Å². The van der Waals surface area contributed by atoms with Crippen molar-refractivity contribution >= 4 is 17.6 Å². The Morgan fingerprint density at radius 3 is 2.61 bits per heavy atom. The Balaban J connectivity index is 2.17. The molecule has 0 aliphatic rings. The predicted molar refractivity (Wildman–Crippen MR) is 112 cm³/mol. The lowest BCUT2D eigenvalue weighted by Gasteiger charge is -2.14. The number of methoxy groups -OCH3 is 1. The van der Waals surface area contributed by atoms with Crippen molar-refractivity contribution < 1.29 is 14.3 Å². The van der Waals surface area contributed by atoms with Crippen LogP contribution in [0.1, 0.15) is 29.8 Å². The van der Waals surface area contributed by atoms with E-state index < -0.39 is 0 Å². The van der Waals surface area contributed by atoms with E-state index in [1.165, 1.54) is 0 Å². The Hall–Kier alpha value is -3.22. The summed E-state index contributed by atoms with van der Waals surface area (Å²) in [5, 5.41) is 9.12. The fourth-order valence-electron chi connectivity index (χ4n) is 2.59. The van der Waals surface area contributed by atoms with Gasteiger partial charge in [-0.2, -0.15) is 0 Å². The third kappa shape index (κ3) is 5.90. The normalized spacial score (nSPS) is 10.9. The maximum atomic E-state index is 11.8. The van der Waals surface area contributed by atoms with E-state index in [0.29, 0.717) is 36.2 Å². The average molecular weight is 384 g/mol. The van der Waals surface area contributed by atoms with E-state index in [1.807, 2.05) is 50.2 Å². The summed E-state index contributed by atoms with van der Waals surface area (Å²) in [5.41, 5.74) is 2.40. The number of rotatable bonds is 8.